The van der Waals surface area contributed by atoms with Gasteiger partial charge in [-0.1, -0.05) is 61.0 Å². The lowest BCUT2D eigenvalue weighted by molar-refractivity contribution is -0.114. The molecule has 0 aromatic heterocycles. The lowest BCUT2D eigenvalue weighted by atomic mass is 9.86. The van der Waals surface area contributed by atoms with Gasteiger partial charge in [0.05, 0.1) is 6.54 Å². The van der Waals surface area contributed by atoms with Crippen LogP contribution in [0.15, 0.2) is 46.9 Å². The fourth-order valence-corrected chi connectivity index (χ4v) is 2.72. The maximum Gasteiger partial charge on any atom is 0.243 e. The quantitative estimate of drug-likeness (QED) is 0.780. The molecule has 0 spiro atoms. The normalized spacial score (nSPS) is 11.2. The van der Waals surface area contributed by atoms with Gasteiger partial charge < -0.3 is 10.6 Å². The van der Waals surface area contributed by atoms with Gasteiger partial charge in [-0.3, -0.25) is 4.79 Å². The molecule has 0 atom stereocenters. The van der Waals surface area contributed by atoms with E-state index in [1.54, 1.807) is 0 Å². The van der Waals surface area contributed by atoms with Gasteiger partial charge >= 0.3 is 0 Å². The van der Waals surface area contributed by atoms with E-state index in [4.69, 9.17) is 0 Å². The third-order valence-electron chi connectivity index (χ3n) is 3.63. The second kappa shape index (κ2) is 7.18. The van der Waals surface area contributed by atoms with E-state index in [0.717, 1.165) is 21.4 Å². The number of hydrogen-bond acceptors (Lipinski definition) is 2. The van der Waals surface area contributed by atoms with Crippen molar-refractivity contribution < 1.29 is 4.79 Å². The predicted octanol–water partition coefficient (Wildman–Crippen LogP) is 5.11. The molecule has 122 valence electrons. The first-order valence-corrected chi connectivity index (χ1v) is 8.46. The molecule has 2 aromatic carbocycles. The zero-order valence-electron chi connectivity index (χ0n) is 14.0. The van der Waals surface area contributed by atoms with Crippen molar-refractivity contribution >= 4 is 33.2 Å². The molecule has 2 rings (SSSR count). The number of carbonyl (C=O) groups is 1. The van der Waals surface area contributed by atoms with E-state index in [1.807, 2.05) is 43.3 Å². The van der Waals surface area contributed by atoms with Gasteiger partial charge in [0, 0.05) is 15.8 Å². The highest BCUT2D eigenvalue weighted by atomic mass is 79.9. The van der Waals surface area contributed by atoms with E-state index in [9.17, 15) is 4.79 Å². The number of amides is 1. The van der Waals surface area contributed by atoms with Crippen LogP contribution in [0.25, 0.3) is 0 Å². The van der Waals surface area contributed by atoms with Gasteiger partial charge in [0.2, 0.25) is 5.91 Å². The van der Waals surface area contributed by atoms with Crippen LogP contribution in [-0.4, -0.2) is 12.5 Å². The number of carbonyl (C=O) groups excluding carboxylic acids is 1. The Kier molecular flexibility index (Phi) is 5.47. The summed E-state index contributed by atoms with van der Waals surface area (Å²) < 4.78 is 0.987. The number of para-hydroxylation sites is 1. The Labute approximate surface area is 146 Å². The number of rotatable bonds is 4. The van der Waals surface area contributed by atoms with Gasteiger partial charge in [0.25, 0.3) is 0 Å². The number of aryl methyl sites for hydroxylation is 1. The Morgan fingerprint density at radius 3 is 2.48 bits per heavy atom. The first kappa shape index (κ1) is 17.5. The van der Waals surface area contributed by atoms with Crippen molar-refractivity contribution in [2.45, 2.75) is 33.1 Å². The number of anilines is 2. The van der Waals surface area contributed by atoms with Crippen molar-refractivity contribution in [3.05, 3.63) is 58.1 Å². The maximum absolute atomic E-state index is 12.2. The third-order valence-corrected chi connectivity index (χ3v) is 4.48. The minimum Gasteiger partial charge on any atom is -0.376 e. The SMILES string of the molecule is Cc1ccc(NC(=O)CNc2ccccc2C(C)(C)C)cc1Br. The summed E-state index contributed by atoms with van der Waals surface area (Å²) in [6, 6.07) is 13.9. The molecule has 0 heterocycles. The summed E-state index contributed by atoms with van der Waals surface area (Å²) in [5.41, 5.74) is 4.16. The van der Waals surface area contributed by atoms with E-state index in [0.29, 0.717) is 0 Å². The average molecular weight is 375 g/mol. The molecular weight excluding hydrogens is 352 g/mol. The van der Waals surface area contributed by atoms with E-state index < -0.39 is 0 Å². The molecule has 0 aliphatic carbocycles. The van der Waals surface area contributed by atoms with Crippen LogP contribution in [0, 0.1) is 6.92 Å². The van der Waals surface area contributed by atoms with Crippen molar-refractivity contribution in [1.29, 1.82) is 0 Å². The van der Waals surface area contributed by atoms with Gasteiger partial charge in [-0.05, 0) is 41.7 Å². The first-order chi connectivity index (χ1) is 10.8. The summed E-state index contributed by atoms with van der Waals surface area (Å²) in [6.45, 7) is 8.74. The predicted molar refractivity (Wildman–Crippen MR) is 101 cm³/mol. The van der Waals surface area contributed by atoms with Crippen LogP contribution >= 0.6 is 15.9 Å². The van der Waals surface area contributed by atoms with Crippen LogP contribution in [0.2, 0.25) is 0 Å². The number of hydrogen-bond donors (Lipinski definition) is 2. The molecule has 1 amide bonds. The van der Waals surface area contributed by atoms with Crippen molar-refractivity contribution in [3.63, 3.8) is 0 Å². The largest absolute Gasteiger partial charge is 0.376 e. The molecule has 0 aliphatic heterocycles. The van der Waals surface area contributed by atoms with Crippen LogP contribution in [-0.2, 0) is 10.2 Å². The Balaban J connectivity index is 2.01. The highest BCUT2D eigenvalue weighted by Crippen LogP contribution is 2.29. The second-order valence-corrected chi connectivity index (χ2v) is 7.52. The zero-order chi connectivity index (χ0) is 17.0. The molecule has 0 saturated carbocycles. The highest BCUT2D eigenvalue weighted by molar-refractivity contribution is 9.10. The van der Waals surface area contributed by atoms with Crippen LogP contribution in [0.5, 0.6) is 0 Å². The Bertz CT molecular complexity index is 705. The van der Waals surface area contributed by atoms with Crippen molar-refractivity contribution in [1.82, 2.24) is 0 Å². The maximum atomic E-state index is 12.2. The minimum absolute atomic E-state index is 0.0297. The second-order valence-electron chi connectivity index (χ2n) is 6.66. The summed E-state index contributed by atoms with van der Waals surface area (Å²) in [5, 5.41) is 6.15. The average Bonchev–Trinajstić information content (AvgIpc) is 2.48. The lowest BCUT2D eigenvalue weighted by Gasteiger charge is -2.23. The minimum atomic E-state index is -0.0653. The fourth-order valence-electron chi connectivity index (χ4n) is 2.34. The topological polar surface area (TPSA) is 41.1 Å². The molecule has 2 N–H and O–H groups in total. The third kappa shape index (κ3) is 4.83. The number of halogens is 1. The van der Waals surface area contributed by atoms with Crippen molar-refractivity contribution in [3.8, 4) is 0 Å². The molecule has 0 bridgehead atoms. The van der Waals surface area contributed by atoms with Gasteiger partial charge in [-0.2, -0.15) is 0 Å². The molecular formula is C19H23BrN2O. The summed E-state index contributed by atoms with van der Waals surface area (Å²) in [5.74, 6) is -0.0653. The summed E-state index contributed by atoms with van der Waals surface area (Å²) in [6.07, 6.45) is 0. The van der Waals surface area contributed by atoms with Crippen LogP contribution in [0.3, 0.4) is 0 Å². The van der Waals surface area contributed by atoms with Gasteiger partial charge in [-0.15, -0.1) is 0 Å². The van der Waals surface area contributed by atoms with Crippen LogP contribution in [0.1, 0.15) is 31.9 Å². The van der Waals surface area contributed by atoms with Gasteiger partial charge in [0.15, 0.2) is 0 Å². The first-order valence-electron chi connectivity index (χ1n) is 7.67. The van der Waals surface area contributed by atoms with E-state index >= 15 is 0 Å². The molecule has 0 fully saturated rings. The molecule has 0 aliphatic rings. The molecule has 0 saturated heterocycles. The van der Waals surface area contributed by atoms with E-state index in [2.05, 4.69) is 53.4 Å². The van der Waals surface area contributed by atoms with Crippen LogP contribution < -0.4 is 10.6 Å². The standard InChI is InChI=1S/C19H23BrN2O/c1-13-9-10-14(11-16(13)20)22-18(23)12-21-17-8-6-5-7-15(17)19(2,3)4/h5-11,21H,12H2,1-4H3,(H,22,23). The zero-order valence-corrected chi connectivity index (χ0v) is 15.6. The van der Waals surface area contributed by atoms with E-state index in [1.165, 1.54) is 5.56 Å². The molecule has 23 heavy (non-hydrogen) atoms. The smallest absolute Gasteiger partial charge is 0.243 e. The Morgan fingerprint density at radius 2 is 1.83 bits per heavy atom. The van der Waals surface area contributed by atoms with Crippen molar-refractivity contribution in [2.24, 2.45) is 0 Å². The van der Waals surface area contributed by atoms with Gasteiger partial charge in [0.1, 0.15) is 0 Å². The summed E-state index contributed by atoms with van der Waals surface area (Å²) in [4.78, 5) is 12.2. The Morgan fingerprint density at radius 1 is 1.13 bits per heavy atom. The number of nitrogens with one attached hydrogen (secondary N) is 2. The summed E-state index contributed by atoms with van der Waals surface area (Å²) >= 11 is 3.48. The van der Waals surface area contributed by atoms with Gasteiger partial charge in [-0.25, -0.2) is 0 Å². The molecule has 4 heteroatoms. The van der Waals surface area contributed by atoms with Crippen LogP contribution in [0.4, 0.5) is 11.4 Å². The number of benzene rings is 2. The molecule has 0 unspecified atom stereocenters. The van der Waals surface area contributed by atoms with E-state index in [-0.39, 0.29) is 17.9 Å². The Hall–Kier alpha value is -1.81. The monoisotopic (exact) mass is 374 g/mol. The lowest BCUT2D eigenvalue weighted by Crippen LogP contribution is -2.23. The fraction of sp³-hybridized carbons (Fsp3) is 0.316. The molecule has 2 aromatic rings. The highest BCUT2D eigenvalue weighted by Gasteiger charge is 2.17. The summed E-state index contributed by atoms with van der Waals surface area (Å²) in [7, 11) is 0. The van der Waals surface area contributed by atoms with Crippen molar-refractivity contribution in [2.75, 3.05) is 17.2 Å². The molecule has 0 radical (unpaired) electrons. The molecule has 3 nitrogen and oxygen atoms in total.